The topological polar surface area (TPSA) is 57.6 Å². The summed E-state index contributed by atoms with van der Waals surface area (Å²) >= 11 is 0. The Hall–Kier alpha value is -0.900. The number of rotatable bonds is 7. The highest BCUT2D eigenvalue weighted by atomic mass is 16.4. The van der Waals surface area contributed by atoms with Crippen LogP contribution in [-0.2, 0) is 9.59 Å². The zero-order valence-corrected chi connectivity index (χ0v) is 11.0. The van der Waals surface area contributed by atoms with E-state index >= 15 is 0 Å². The highest BCUT2D eigenvalue weighted by Crippen LogP contribution is 1.94. The van der Waals surface area contributed by atoms with Crippen LogP contribution in [0, 0.1) is 0 Å². The lowest BCUT2D eigenvalue weighted by atomic mass is 10.3. The average Bonchev–Trinajstić information content (AvgIpc) is 2.19. The minimum absolute atomic E-state index is 0.824. The largest absolute Gasteiger partial charge is 0.476 e. The quantitative estimate of drug-likeness (QED) is 0.682. The number of aliphatic carboxylic acids is 1. The zero-order chi connectivity index (χ0) is 13.0. The minimum Gasteiger partial charge on any atom is -0.476 e. The minimum atomic E-state index is -1.38. The molecule has 0 heterocycles. The average molecular weight is 231 g/mol. The summed E-state index contributed by atoms with van der Waals surface area (Å²) in [4.78, 5) is 21.4. The van der Waals surface area contributed by atoms with Gasteiger partial charge in [-0.15, -0.1) is 0 Å². The molecule has 0 fully saturated rings. The Morgan fingerprint density at radius 3 is 1.31 bits per heavy atom. The van der Waals surface area contributed by atoms with E-state index in [0.29, 0.717) is 0 Å². The number of carbonyl (C=O) groups excluding carboxylic acids is 1. The SMILES string of the molecule is CC(=O)C(=O)O.CCCN(CCC)CCC. The lowest BCUT2D eigenvalue weighted by Gasteiger charge is -2.19. The Labute approximate surface area is 98.6 Å². The van der Waals surface area contributed by atoms with Crippen LogP contribution in [0.1, 0.15) is 47.0 Å². The van der Waals surface area contributed by atoms with Crippen LogP contribution in [0.15, 0.2) is 0 Å². The van der Waals surface area contributed by atoms with Gasteiger partial charge in [-0.25, -0.2) is 4.79 Å². The van der Waals surface area contributed by atoms with Gasteiger partial charge in [0, 0.05) is 6.92 Å². The van der Waals surface area contributed by atoms with E-state index in [4.69, 9.17) is 5.11 Å². The van der Waals surface area contributed by atoms with Crippen LogP contribution in [0.2, 0.25) is 0 Å². The van der Waals surface area contributed by atoms with Crippen molar-refractivity contribution >= 4 is 11.8 Å². The summed E-state index contributed by atoms with van der Waals surface area (Å²) in [7, 11) is 0. The third-order valence-electron chi connectivity index (χ3n) is 1.92. The maximum absolute atomic E-state index is 9.54. The molecule has 0 rings (SSSR count). The van der Waals surface area contributed by atoms with E-state index in [1.807, 2.05) is 0 Å². The van der Waals surface area contributed by atoms with E-state index < -0.39 is 11.8 Å². The fourth-order valence-corrected chi connectivity index (χ4v) is 1.28. The van der Waals surface area contributed by atoms with Crippen LogP contribution >= 0.6 is 0 Å². The van der Waals surface area contributed by atoms with Crippen LogP contribution < -0.4 is 0 Å². The first kappa shape index (κ1) is 17.5. The molecule has 0 aliphatic heterocycles. The lowest BCUT2D eigenvalue weighted by molar-refractivity contribution is -0.148. The van der Waals surface area contributed by atoms with Gasteiger partial charge in [0.2, 0.25) is 5.78 Å². The van der Waals surface area contributed by atoms with Crippen LogP contribution in [0.3, 0.4) is 0 Å². The second-order valence-electron chi connectivity index (χ2n) is 3.70. The third kappa shape index (κ3) is 13.1. The fraction of sp³-hybridized carbons (Fsp3) is 0.833. The lowest BCUT2D eigenvalue weighted by Crippen LogP contribution is -2.25. The summed E-state index contributed by atoms with van der Waals surface area (Å²) < 4.78 is 0. The molecule has 4 nitrogen and oxygen atoms in total. The number of carboxylic acids is 1. The van der Waals surface area contributed by atoms with Gasteiger partial charge < -0.3 is 10.0 Å². The summed E-state index contributed by atoms with van der Waals surface area (Å²) in [6.45, 7) is 11.6. The van der Waals surface area contributed by atoms with Gasteiger partial charge in [-0.05, 0) is 38.9 Å². The zero-order valence-electron chi connectivity index (χ0n) is 11.0. The van der Waals surface area contributed by atoms with Crippen molar-refractivity contribution in [2.45, 2.75) is 47.0 Å². The molecule has 0 aromatic rings. The highest BCUT2D eigenvalue weighted by Gasteiger charge is 1.99. The highest BCUT2D eigenvalue weighted by molar-refractivity contribution is 6.31. The molecule has 0 atom stereocenters. The van der Waals surface area contributed by atoms with Crippen LogP contribution in [-0.4, -0.2) is 41.4 Å². The summed E-state index contributed by atoms with van der Waals surface area (Å²) in [5, 5.41) is 7.64. The number of nitrogens with zero attached hydrogens (tertiary/aromatic N) is 1. The Balaban J connectivity index is 0. The second kappa shape index (κ2) is 12.2. The van der Waals surface area contributed by atoms with Crippen molar-refractivity contribution in [3.05, 3.63) is 0 Å². The first-order chi connectivity index (χ1) is 7.49. The van der Waals surface area contributed by atoms with E-state index in [1.54, 1.807) is 0 Å². The van der Waals surface area contributed by atoms with Crippen molar-refractivity contribution in [3.8, 4) is 0 Å². The Morgan fingerprint density at radius 2 is 1.19 bits per heavy atom. The molecule has 0 saturated carbocycles. The molecule has 0 unspecified atom stereocenters. The van der Waals surface area contributed by atoms with E-state index in [-0.39, 0.29) is 0 Å². The van der Waals surface area contributed by atoms with Crippen LogP contribution in [0.5, 0.6) is 0 Å². The fourth-order valence-electron chi connectivity index (χ4n) is 1.28. The molecule has 0 spiro atoms. The van der Waals surface area contributed by atoms with Crippen LogP contribution in [0.4, 0.5) is 0 Å². The van der Waals surface area contributed by atoms with E-state index in [9.17, 15) is 9.59 Å². The number of carboxylic acid groups (broad SMARTS) is 1. The van der Waals surface area contributed by atoms with Gasteiger partial charge in [0.05, 0.1) is 0 Å². The molecule has 0 aromatic carbocycles. The predicted octanol–water partition coefficient (Wildman–Crippen LogP) is 2.18. The number of ketones is 1. The molecule has 16 heavy (non-hydrogen) atoms. The summed E-state index contributed by atoms with van der Waals surface area (Å²) in [6, 6.07) is 0. The number of hydrogen-bond donors (Lipinski definition) is 1. The van der Waals surface area contributed by atoms with Gasteiger partial charge in [0.25, 0.3) is 0 Å². The molecule has 0 aromatic heterocycles. The predicted molar refractivity (Wildman–Crippen MR) is 65.6 cm³/mol. The number of carbonyl (C=O) groups is 2. The molecule has 0 aliphatic carbocycles. The van der Waals surface area contributed by atoms with E-state index in [1.165, 1.54) is 38.9 Å². The second-order valence-corrected chi connectivity index (χ2v) is 3.70. The summed E-state index contributed by atoms with van der Waals surface area (Å²) in [5.41, 5.74) is 0. The van der Waals surface area contributed by atoms with Crippen molar-refractivity contribution in [2.24, 2.45) is 0 Å². The van der Waals surface area contributed by atoms with E-state index in [0.717, 1.165) is 6.92 Å². The monoisotopic (exact) mass is 231 g/mol. The molecular formula is C12H25NO3. The van der Waals surface area contributed by atoms with Crippen molar-refractivity contribution in [3.63, 3.8) is 0 Å². The Kier molecular flexibility index (Phi) is 13.3. The molecule has 0 saturated heterocycles. The summed E-state index contributed by atoms with van der Waals surface area (Å²) in [5.74, 6) is -2.20. The van der Waals surface area contributed by atoms with Crippen molar-refractivity contribution < 1.29 is 14.7 Å². The number of hydrogen-bond acceptors (Lipinski definition) is 3. The van der Waals surface area contributed by atoms with Gasteiger partial charge in [-0.3, -0.25) is 4.79 Å². The van der Waals surface area contributed by atoms with E-state index in [2.05, 4.69) is 25.7 Å². The first-order valence-electron chi connectivity index (χ1n) is 5.95. The Bertz CT molecular complexity index is 166. The molecule has 0 amide bonds. The normalized spacial score (nSPS) is 9.56. The molecule has 0 aliphatic rings. The van der Waals surface area contributed by atoms with Crippen molar-refractivity contribution in [1.29, 1.82) is 0 Å². The molecular weight excluding hydrogens is 206 g/mol. The maximum Gasteiger partial charge on any atom is 0.371 e. The molecule has 4 heteroatoms. The van der Waals surface area contributed by atoms with Gasteiger partial charge in [-0.2, -0.15) is 0 Å². The number of Topliss-reactive ketones (excluding diaryl/α,β-unsaturated/α-hetero) is 1. The summed E-state index contributed by atoms with van der Waals surface area (Å²) in [6.07, 6.45) is 3.88. The first-order valence-corrected chi connectivity index (χ1v) is 5.95. The van der Waals surface area contributed by atoms with Gasteiger partial charge in [0.15, 0.2) is 0 Å². The molecule has 1 N–H and O–H groups in total. The third-order valence-corrected chi connectivity index (χ3v) is 1.92. The molecule has 0 radical (unpaired) electrons. The standard InChI is InChI=1S/C9H21N.C3H4O3/c1-4-7-10(8-5-2)9-6-3;1-2(4)3(5)6/h4-9H2,1-3H3;1H3,(H,5,6). The van der Waals surface area contributed by atoms with Gasteiger partial charge >= 0.3 is 5.97 Å². The van der Waals surface area contributed by atoms with Gasteiger partial charge in [0.1, 0.15) is 0 Å². The smallest absolute Gasteiger partial charge is 0.371 e. The molecule has 0 bridgehead atoms. The van der Waals surface area contributed by atoms with Crippen molar-refractivity contribution in [1.82, 2.24) is 4.90 Å². The van der Waals surface area contributed by atoms with Crippen molar-refractivity contribution in [2.75, 3.05) is 19.6 Å². The Morgan fingerprint density at radius 1 is 0.938 bits per heavy atom. The van der Waals surface area contributed by atoms with Crippen LogP contribution in [0.25, 0.3) is 0 Å². The maximum atomic E-state index is 9.54. The van der Waals surface area contributed by atoms with Gasteiger partial charge in [-0.1, -0.05) is 20.8 Å². The molecule has 96 valence electrons.